The molecule has 4 rings (SSSR count). The van der Waals surface area contributed by atoms with Crippen LogP contribution in [0.1, 0.15) is 28.4 Å². The van der Waals surface area contributed by atoms with Gasteiger partial charge < -0.3 is 30.4 Å². The highest BCUT2D eigenvalue weighted by molar-refractivity contribution is 7.16. The highest BCUT2D eigenvalue weighted by Gasteiger charge is 2.22. The highest BCUT2D eigenvalue weighted by Crippen LogP contribution is 2.32. The van der Waals surface area contributed by atoms with Gasteiger partial charge in [-0.1, -0.05) is 59.9 Å². The number of hydrogen-bond acceptors (Lipinski definition) is 8. The molecule has 0 bridgehead atoms. The third-order valence-corrected chi connectivity index (χ3v) is 6.73. The Balaban J connectivity index is 1.30. The molecule has 0 fully saturated rings. The van der Waals surface area contributed by atoms with Crippen molar-refractivity contribution < 1.29 is 20.1 Å². The number of para-hydroxylation sites is 1. The molecular formula is C26H29N3O5S. The Labute approximate surface area is 206 Å². The molecule has 4 aromatic rings. The van der Waals surface area contributed by atoms with Crippen LogP contribution in [0.4, 0.5) is 0 Å². The lowest BCUT2D eigenvalue weighted by molar-refractivity contribution is -0.00168. The van der Waals surface area contributed by atoms with Crippen molar-refractivity contribution in [3.05, 3.63) is 92.6 Å². The second kappa shape index (κ2) is 11.5. The van der Waals surface area contributed by atoms with Crippen LogP contribution in [0, 0.1) is 0 Å². The van der Waals surface area contributed by atoms with Crippen LogP contribution in [0.5, 0.6) is 11.5 Å². The Morgan fingerprint density at radius 1 is 1.03 bits per heavy atom. The molecule has 0 aliphatic carbocycles. The van der Waals surface area contributed by atoms with Gasteiger partial charge in [0, 0.05) is 30.8 Å². The Morgan fingerprint density at radius 3 is 2.66 bits per heavy atom. The van der Waals surface area contributed by atoms with Gasteiger partial charge in [0.25, 0.3) is 0 Å². The molecule has 2 unspecified atom stereocenters. The van der Waals surface area contributed by atoms with E-state index in [0.717, 1.165) is 33.8 Å². The van der Waals surface area contributed by atoms with Crippen LogP contribution in [0.15, 0.2) is 65.5 Å². The largest absolute Gasteiger partial charge is 0.506 e. The number of aromatic nitrogens is 1. The van der Waals surface area contributed by atoms with E-state index in [0.29, 0.717) is 36.3 Å². The lowest BCUT2D eigenvalue weighted by atomic mass is 10.1. The number of fused-ring (bicyclic) bond motifs is 1. The number of methoxy groups -OCH3 is 1. The number of phenols is 1. The van der Waals surface area contributed by atoms with Crippen molar-refractivity contribution >= 4 is 21.6 Å². The number of hydrogen-bond donors (Lipinski definition) is 6. The van der Waals surface area contributed by atoms with E-state index in [1.165, 1.54) is 12.1 Å². The first-order chi connectivity index (χ1) is 17.0. The summed E-state index contributed by atoms with van der Waals surface area (Å²) in [5.74, 6) is 0.785. The first-order valence-electron chi connectivity index (χ1n) is 11.3. The highest BCUT2D eigenvalue weighted by atomic mass is 32.1. The molecule has 0 spiro atoms. The van der Waals surface area contributed by atoms with Crippen LogP contribution in [0.3, 0.4) is 0 Å². The van der Waals surface area contributed by atoms with Crippen molar-refractivity contribution in [2.75, 3.05) is 13.7 Å². The number of rotatable bonds is 11. The van der Waals surface area contributed by atoms with Gasteiger partial charge in [-0.15, -0.1) is 0 Å². The summed E-state index contributed by atoms with van der Waals surface area (Å²) in [6.45, 7) is 1.85. The number of H-pyrrole nitrogens is 1. The number of nitrogens with one attached hydrogen (secondary N) is 3. The van der Waals surface area contributed by atoms with Crippen LogP contribution < -0.4 is 20.2 Å². The Hall–Kier alpha value is -3.21. The summed E-state index contributed by atoms with van der Waals surface area (Å²) in [7, 11) is 1.67. The molecule has 1 heterocycles. The smallest absolute Gasteiger partial charge is 0.305 e. The molecule has 0 amide bonds. The van der Waals surface area contributed by atoms with E-state index in [1.807, 2.05) is 36.4 Å². The normalized spacial score (nSPS) is 13.1. The van der Waals surface area contributed by atoms with Crippen LogP contribution in [-0.2, 0) is 19.5 Å². The number of benzene rings is 3. The van der Waals surface area contributed by atoms with Crippen LogP contribution >= 0.6 is 11.3 Å². The monoisotopic (exact) mass is 495 g/mol. The molecule has 8 nitrogen and oxygen atoms in total. The zero-order valence-corrected chi connectivity index (χ0v) is 20.1. The fourth-order valence-electron chi connectivity index (χ4n) is 4.00. The van der Waals surface area contributed by atoms with Crippen LogP contribution in [0.25, 0.3) is 10.2 Å². The van der Waals surface area contributed by atoms with E-state index >= 15 is 0 Å². The quantitative estimate of drug-likeness (QED) is 0.177. The third-order valence-electron chi connectivity index (χ3n) is 5.80. The van der Waals surface area contributed by atoms with Gasteiger partial charge in [-0.2, -0.15) is 0 Å². The summed E-state index contributed by atoms with van der Waals surface area (Å²) in [6, 6.07) is 19.0. The SMILES string of the molecule is COc1ccccc1CNCc1cccc(CCNC(O)C(O)c2ccc(O)c3[nH]c(=O)sc23)c1. The molecule has 9 heteroatoms. The average molecular weight is 496 g/mol. The van der Waals surface area contributed by atoms with E-state index in [1.54, 1.807) is 7.11 Å². The van der Waals surface area contributed by atoms with E-state index in [9.17, 15) is 20.1 Å². The lowest BCUT2D eigenvalue weighted by Gasteiger charge is -2.20. The number of aliphatic hydroxyl groups excluding tert-OH is 2. The molecule has 6 N–H and O–H groups in total. The molecule has 0 aliphatic rings. The summed E-state index contributed by atoms with van der Waals surface area (Å²) in [4.78, 5) is 13.9. The van der Waals surface area contributed by atoms with Crippen molar-refractivity contribution in [1.29, 1.82) is 0 Å². The number of aliphatic hydroxyl groups is 2. The minimum atomic E-state index is -1.25. The predicted molar refractivity (Wildman–Crippen MR) is 137 cm³/mol. The summed E-state index contributed by atoms with van der Waals surface area (Å²) in [6.07, 6.45) is -1.83. The van der Waals surface area contributed by atoms with Gasteiger partial charge in [0.15, 0.2) is 0 Å². The van der Waals surface area contributed by atoms with Gasteiger partial charge in [-0.25, -0.2) is 0 Å². The van der Waals surface area contributed by atoms with Gasteiger partial charge in [-0.05, 0) is 29.7 Å². The maximum Gasteiger partial charge on any atom is 0.305 e. The topological polar surface area (TPSA) is 127 Å². The van der Waals surface area contributed by atoms with Gasteiger partial charge in [-0.3, -0.25) is 10.1 Å². The van der Waals surface area contributed by atoms with E-state index in [-0.39, 0.29) is 16.1 Å². The maximum absolute atomic E-state index is 11.7. The van der Waals surface area contributed by atoms with Crippen molar-refractivity contribution in [2.24, 2.45) is 0 Å². The molecule has 184 valence electrons. The fourth-order valence-corrected chi connectivity index (χ4v) is 4.91. The Morgan fingerprint density at radius 2 is 1.83 bits per heavy atom. The fraction of sp³-hybridized carbons (Fsp3) is 0.269. The van der Waals surface area contributed by atoms with Gasteiger partial charge in [0.1, 0.15) is 29.3 Å². The standard InChI is InChI=1S/C26H29N3O5S/c1-34-21-8-3-2-7-18(21)15-27-14-17-6-4-5-16(13-17)11-12-28-25(32)23(31)19-9-10-20(30)22-24(19)35-26(33)29-22/h2-10,13,23,25,27-28,30-32H,11-12,14-15H2,1H3,(H,29,33). The summed E-state index contributed by atoms with van der Waals surface area (Å²) in [5.41, 5.74) is 3.99. The first-order valence-corrected chi connectivity index (χ1v) is 12.1. The lowest BCUT2D eigenvalue weighted by Crippen LogP contribution is -2.36. The first kappa shape index (κ1) is 24.9. The molecule has 2 atom stereocenters. The molecule has 0 radical (unpaired) electrons. The minimum absolute atomic E-state index is 0.0750. The van der Waals surface area contributed by atoms with Crippen LogP contribution in [-0.4, -0.2) is 40.2 Å². The second-order valence-corrected chi connectivity index (χ2v) is 9.20. The second-order valence-electron chi connectivity index (χ2n) is 8.22. The van der Waals surface area contributed by atoms with Gasteiger partial charge >= 0.3 is 4.87 Å². The molecule has 0 aliphatic heterocycles. The van der Waals surface area contributed by atoms with Crippen molar-refractivity contribution in [3.8, 4) is 11.5 Å². The predicted octanol–water partition coefficient (Wildman–Crippen LogP) is 2.78. The van der Waals surface area contributed by atoms with E-state index in [4.69, 9.17) is 4.74 Å². The Kier molecular flexibility index (Phi) is 8.17. The van der Waals surface area contributed by atoms with Gasteiger partial charge in [0.2, 0.25) is 0 Å². The van der Waals surface area contributed by atoms with Crippen LogP contribution in [0.2, 0.25) is 0 Å². The number of aromatic hydroxyl groups is 1. The number of thiazole rings is 1. The molecule has 3 aromatic carbocycles. The number of aromatic amines is 1. The number of ether oxygens (including phenoxy) is 1. The molecule has 0 saturated carbocycles. The Bertz CT molecular complexity index is 1340. The third kappa shape index (κ3) is 6.08. The zero-order chi connectivity index (χ0) is 24.8. The summed E-state index contributed by atoms with van der Waals surface area (Å²) in [5, 5.41) is 37.4. The van der Waals surface area contributed by atoms with Crippen molar-refractivity contribution in [3.63, 3.8) is 0 Å². The van der Waals surface area contributed by atoms with E-state index < -0.39 is 12.3 Å². The molecule has 0 saturated heterocycles. The van der Waals surface area contributed by atoms with Crippen molar-refractivity contribution in [2.45, 2.75) is 31.8 Å². The molecular weight excluding hydrogens is 466 g/mol. The van der Waals surface area contributed by atoms with E-state index in [2.05, 4.69) is 27.8 Å². The van der Waals surface area contributed by atoms with Crippen molar-refractivity contribution in [1.82, 2.24) is 15.6 Å². The summed E-state index contributed by atoms with van der Waals surface area (Å²) < 4.78 is 5.82. The summed E-state index contributed by atoms with van der Waals surface area (Å²) >= 11 is 0.885. The maximum atomic E-state index is 11.7. The minimum Gasteiger partial charge on any atom is -0.506 e. The molecule has 35 heavy (non-hydrogen) atoms. The number of phenolic OH excluding ortho intramolecular Hbond substituents is 1. The average Bonchev–Trinajstić information content (AvgIpc) is 3.26. The van der Waals surface area contributed by atoms with Gasteiger partial charge in [0.05, 0.1) is 11.8 Å². The zero-order valence-electron chi connectivity index (χ0n) is 19.3. The molecule has 1 aromatic heterocycles.